The smallest absolute Gasteiger partial charge is 0.141 e. The van der Waals surface area contributed by atoms with Crippen LogP contribution in [-0.4, -0.2) is 51.4 Å². The summed E-state index contributed by atoms with van der Waals surface area (Å²) in [6, 6.07) is 1.17. The third kappa shape index (κ3) is 4.93. The maximum Gasteiger partial charge on any atom is 0.141 e. The largest absolute Gasteiger partial charge is 0.356 e. The SMILES string of the molecule is CC(C)N1CCN(C(C)C)C1=C[Si](C)(C)N[Si](C)(C)C. The molecule has 5 heteroatoms. The van der Waals surface area contributed by atoms with Gasteiger partial charge in [-0.25, -0.2) is 0 Å². The normalized spacial score (nSPS) is 17.6. The van der Waals surface area contributed by atoms with Crippen LogP contribution < -0.4 is 4.65 Å². The zero-order chi connectivity index (χ0) is 15.7. The van der Waals surface area contributed by atoms with Gasteiger partial charge in [-0.05, 0) is 33.4 Å². The number of hydrogen-bond donors (Lipinski definition) is 1. The van der Waals surface area contributed by atoms with Crippen LogP contribution in [0.3, 0.4) is 0 Å². The maximum atomic E-state index is 3.99. The summed E-state index contributed by atoms with van der Waals surface area (Å²) < 4.78 is 3.99. The highest BCUT2D eigenvalue weighted by molar-refractivity contribution is 6.93. The van der Waals surface area contributed by atoms with Crippen LogP contribution >= 0.6 is 0 Å². The molecule has 0 saturated carbocycles. The predicted molar refractivity (Wildman–Crippen MR) is 95.7 cm³/mol. The number of hydrogen-bond acceptors (Lipinski definition) is 3. The zero-order valence-corrected chi connectivity index (χ0v) is 17.0. The molecule has 1 fully saturated rings. The topological polar surface area (TPSA) is 18.5 Å². The van der Waals surface area contributed by atoms with Crippen molar-refractivity contribution in [1.29, 1.82) is 0 Å². The Hall–Kier alpha value is -0.266. The zero-order valence-electron chi connectivity index (χ0n) is 15.0. The summed E-state index contributed by atoms with van der Waals surface area (Å²) in [4.78, 5) is 5.14. The van der Waals surface area contributed by atoms with Crippen LogP contribution in [-0.2, 0) is 0 Å². The molecule has 0 radical (unpaired) electrons. The Kier molecular flexibility index (Phi) is 5.55. The van der Waals surface area contributed by atoms with Gasteiger partial charge in [0.05, 0.1) is 5.82 Å². The van der Waals surface area contributed by atoms with Gasteiger partial charge in [0.25, 0.3) is 0 Å². The molecule has 0 aromatic rings. The molecule has 0 aliphatic carbocycles. The van der Waals surface area contributed by atoms with E-state index in [1.54, 1.807) is 0 Å². The van der Waals surface area contributed by atoms with Gasteiger partial charge in [0.15, 0.2) is 0 Å². The molecule has 3 nitrogen and oxygen atoms in total. The molecule has 0 unspecified atom stereocenters. The van der Waals surface area contributed by atoms with Gasteiger partial charge in [-0.3, -0.25) is 0 Å². The third-order valence-corrected chi connectivity index (χ3v) is 10.2. The van der Waals surface area contributed by atoms with Gasteiger partial charge in [-0.2, -0.15) is 0 Å². The van der Waals surface area contributed by atoms with E-state index in [0.717, 1.165) is 0 Å². The van der Waals surface area contributed by atoms with Crippen molar-refractivity contribution in [2.45, 2.75) is 72.5 Å². The van der Waals surface area contributed by atoms with Crippen LogP contribution in [0.25, 0.3) is 0 Å². The fourth-order valence-corrected chi connectivity index (χ4v) is 12.1. The Morgan fingerprint density at radius 1 is 0.900 bits per heavy atom. The van der Waals surface area contributed by atoms with Crippen LogP contribution in [0.4, 0.5) is 0 Å². The minimum Gasteiger partial charge on any atom is -0.356 e. The van der Waals surface area contributed by atoms with E-state index in [0.29, 0.717) is 12.1 Å². The molecule has 1 heterocycles. The van der Waals surface area contributed by atoms with Gasteiger partial charge in [-0.15, -0.1) is 0 Å². The molecule has 0 amide bonds. The average Bonchev–Trinajstić information content (AvgIpc) is 2.55. The van der Waals surface area contributed by atoms with E-state index in [9.17, 15) is 0 Å². The number of rotatable bonds is 5. The fourth-order valence-electron chi connectivity index (χ4n) is 3.15. The van der Waals surface area contributed by atoms with Crippen molar-refractivity contribution < 1.29 is 0 Å². The van der Waals surface area contributed by atoms with Crippen LogP contribution in [0, 0.1) is 0 Å². The molecule has 0 spiro atoms. The first-order chi connectivity index (χ1) is 8.93. The molecule has 0 atom stereocenters. The van der Waals surface area contributed by atoms with E-state index in [4.69, 9.17) is 0 Å². The van der Waals surface area contributed by atoms with Crippen molar-refractivity contribution >= 4 is 16.5 Å². The second kappa shape index (κ2) is 6.24. The van der Waals surface area contributed by atoms with Crippen LogP contribution in [0.2, 0.25) is 32.7 Å². The summed E-state index contributed by atoms with van der Waals surface area (Å²) in [6.07, 6.45) is 0. The highest BCUT2D eigenvalue weighted by Crippen LogP contribution is 2.25. The molecular weight excluding hydrogens is 278 g/mol. The van der Waals surface area contributed by atoms with Gasteiger partial charge in [0, 0.05) is 25.2 Å². The van der Waals surface area contributed by atoms with Gasteiger partial charge < -0.3 is 14.4 Å². The van der Waals surface area contributed by atoms with E-state index in [2.05, 4.69) is 80.6 Å². The molecule has 1 saturated heterocycles. The van der Waals surface area contributed by atoms with Crippen molar-refractivity contribution in [2.75, 3.05) is 13.1 Å². The number of nitrogens with zero attached hydrogens (tertiary/aromatic N) is 2. The summed E-state index contributed by atoms with van der Waals surface area (Å²) in [6.45, 7) is 23.6. The van der Waals surface area contributed by atoms with E-state index in [1.807, 2.05) is 0 Å². The van der Waals surface area contributed by atoms with E-state index in [-0.39, 0.29) is 0 Å². The van der Waals surface area contributed by atoms with Crippen LogP contribution in [0.5, 0.6) is 0 Å². The first-order valence-electron chi connectivity index (χ1n) is 7.98. The summed E-state index contributed by atoms with van der Waals surface area (Å²) in [7, 11) is -2.75. The summed E-state index contributed by atoms with van der Waals surface area (Å²) in [5, 5.41) is 0. The quantitative estimate of drug-likeness (QED) is 0.785. The molecule has 0 bridgehead atoms. The molecule has 1 aliphatic heterocycles. The van der Waals surface area contributed by atoms with Gasteiger partial charge >= 0.3 is 0 Å². The van der Waals surface area contributed by atoms with Gasteiger partial charge in [-0.1, -0.05) is 32.7 Å². The van der Waals surface area contributed by atoms with Crippen molar-refractivity contribution in [3.63, 3.8) is 0 Å². The highest BCUT2D eigenvalue weighted by Gasteiger charge is 2.33. The Bertz CT molecular complexity index is 339. The molecule has 20 heavy (non-hydrogen) atoms. The Morgan fingerprint density at radius 3 is 1.60 bits per heavy atom. The second-order valence-electron chi connectivity index (χ2n) is 8.17. The fraction of sp³-hybridized carbons (Fsp3) is 0.867. The van der Waals surface area contributed by atoms with Crippen LogP contribution in [0.1, 0.15) is 27.7 Å². The van der Waals surface area contributed by atoms with Crippen molar-refractivity contribution in [3.8, 4) is 0 Å². The summed E-state index contributed by atoms with van der Waals surface area (Å²) >= 11 is 0. The van der Waals surface area contributed by atoms with Crippen molar-refractivity contribution in [2.24, 2.45) is 0 Å². The van der Waals surface area contributed by atoms with E-state index in [1.165, 1.54) is 18.9 Å². The van der Waals surface area contributed by atoms with Crippen molar-refractivity contribution in [1.82, 2.24) is 14.4 Å². The molecule has 0 aromatic carbocycles. The molecule has 118 valence electrons. The lowest BCUT2D eigenvalue weighted by Crippen LogP contribution is -2.57. The Morgan fingerprint density at radius 2 is 1.30 bits per heavy atom. The standard InChI is InChI=1S/C15H35N3Si2/c1-13(2)17-10-11-18(14(3)4)15(17)12-20(8,9)16-19(5,6)7/h12-14,16H,10-11H2,1-9H3. The summed E-state index contributed by atoms with van der Waals surface area (Å²) in [5.74, 6) is 1.47. The average molecular weight is 314 g/mol. The second-order valence-corrected chi connectivity index (χ2v) is 17.4. The number of nitrogens with one attached hydrogen (secondary N) is 1. The van der Waals surface area contributed by atoms with E-state index >= 15 is 0 Å². The molecule has 1 N–H and O–H groups in total. The van der Waals surface area contributed by atoms with Gasteiger partial charge in [0.2, 0.25) is 0 Å². The maximum absolute atomic E-state index is 3.99. The first-order valence-corrected chi connectivity index (χ1v) is 14.6. The summed E-state index contributed by atoms with van der Waals surface area (Å²) in [5.41, 5.74) is 2.58. The lowest BCUT2D eigenvalue weighted by Gasteiger charge is -2.35. The predicted octanol–water partition coefficient (Wildman–Crippen LogP) is 3.43. The molecular formula is C15H35N3Si2. The van der Waals surface area contributed by atoms with Crippen LogP contribution in [0.15, 0.2) is 11.5 Å². The van der Waals surface area contributed by atoms with Crippen molar-refractivity contribution in [3.05, 3.63) is 11.5 Å². The lowest BCUT2D eigenvalue weighted by molar-refractivity contribution is 0.267. The Balaban J connectivity index is 3.05. The Labute approximate surface area is 128 Å². The molecule has 1 aliphatic rings. The highest BCUT2D eigenvalue weighted by atomic mass is 28.4. The van der Waals surface area contributed by atoms with E-state index < -0.39 is 16.5 Å². The monoisotopic (exact) mass is 313 g/mol. The third-order valence-electron chi connectivity index (χ3n) is 3.60. The molecule has 1 rings (SSSR count). The molecule has 0 aromatic heterocycles. The first kappa shape index (κ1) is 17.8. The minimum absolute atomic E-state index is 0.585. The minimum atomic E-state index is -1.51. The van der Waals surface area contributed by atoms with Gasteiger partial charge in [0.1, 0.15) is 16.5 Å². The lowest BCUT2D eigenvalue weighted by atomic mass is 10.3.